The molecule has 1 aromatic rings. The summed E-state index contributed by atoms with van der Waals surface area (Å²) in [5, 5.41) is 7.51. The lowest BCUT2D eigenvalue weighted by molar-refractivity contribution is 0.413. The van der Waals surface area contributed by atoms with E-state index in [0.29, 0.717) is 5.92 Å². The SMILES string of the molecule is COc1ccc(C(=N)N)c(SCC(C)C)c1. The Bertz CT molecular complexity index is 377. The first-order valence-electron chi connectivity index (χ1n) is 5.19. The highest BCUT2D eigenvalue weighted by Gasteiger charge is 2.08. The van der Waals surface area contributed by atoms with Crippen LogP contribution in [0.2, 0.25) is 0 Å². The van der Waals surface area contributed by atoms with E-state index in [9.17, 15) is 0 Å². The fourth-order valence-corrected chi connectivity index (χ4v) is 2.27. The van der Waals surface area contributed by atoms with E-state index in [1.807, 2.05) is 18.2 Å². The molecule has 0 amide bonds. The van der Waals surface area contributed by atoms with Gasteiger partial charge in [-0.05, 0) is 24.1 Å². The topological polar surface area (TPSA) is 59.1 Å². The summed E-state index contributed by atoms with van der Waals surface area (Å²) in [6.07, 6.45) is 0. The number of methoxy groups -OCH3 is 1. The number of amidine groups is 1. The molecular weight excluding hydrogens is 220 g/mol. The van der Waals surface area contributed by atoms with Gasteiger partial charge in [0.15, 0.2) is 0 Å². The summed E-state index contributed by atoms with van der Waals surface area (Å²) in [5.74, 6) is 2.52. The summed E-state index contributed by atoms with van der Waals surface area (Å²) in [4.78, 5) is 1.01. The Morgan fingerprint density at radius 1 is 1.50 bits per heavy atom. The molecule has 0 heterocycles. The average molecular weight is 238 g/mol. The lowest BCUT2D eigenvalue weighted by Crippen LogP contribution is -2.12. The van der Waals surface area contributed by atoms with Gasteiger partial charge in [-0.15, -0.1) is 11.8 Å². The molecule has 1 rings (SSSR count). The van der Waals surface area contributed by atoms with E-state index < -0.39 is 0 Å². The maximum atomic E-state index is 7.51. The zero-order valence-corrected chi connectivity index (χ0v) is 10.7. The van der Waals surface area contributed by atoms with Crippen molar-refractivity contribution >= 4 is 17.6 Å². The zero-order valence-electron chi connectivity index (χ0n) is 9.91. The van der Waals surface area contributed by atoms with Gasteiger partial charge in [-0.2, -0.15) is 0 Å². The highest BCUT2D eigenvalue weighted by atomic mass is 32.2. The number of nitrogens with two attached hydrogens (primary N) is 1. The van der Waals surface area contributed by atoms with Crippen molar-refractivity contribution in [3.63, 3.8) is 0 Å². The summed E-state index contributed by atoms with van der Waals surface area (Å²) in [6.45, 7) is 4.33. The highest BCUT2D eigenvalue weighted by molar-refractivity contribution is 7.99. The predicted octanol–water partition coefficient (Wildman–Crippen LogP) is 2.73. The van der Waals surface area contributed by atoms with E-state index in [2.05, 4.69) is 13.8 Å². The van der Waals surface area contributed by atoms with Crippen LogP contribution < -0.4 is 10.5 Å². The summed E-state index contributed by atoms with van der Waals surface area (Å²) in [7, 11) is 1.64. The summed E-state index contributed by atoms with van der Waals surface area (Å²) in [5.41, 5.74) is 6.33. The molecule has 88 valence electrons. The zero-order chi connectivity index (χ0) is 12.1. The molecule has 0 fully saturated rings. The van der Waals surface area contributed by atoms with Crippen LogP contribution >= 0.6 is 11.8 Å². The molecule has 3 N–H and O–H groups in total. The van der Waals surface area contributed by atoms with E-state index in [1.165, 1.54) is 0 Å². The highest BCUT2D eigenvalue weighted by Crippen LogP contribution is 2.28. The number of rotatable bonds is 5. The van der Waals surface area contributed by atoms with Crippen molar-refractivity contribution in [3.8, 4) is 5.75 Å². The van der Waals surface area contributed by atoms with Crippen LogP contribution in [-0.4, -0.2) is 18.7 Å². The predicted molar refractivity (Wildman–Crippen MR) is 69.6 cm³/mol. The van der Waals surface area contributed by atoms with Crippen LogP contribution in [0.1, 0.15) is 19.4 Å². The smallest absolute Gasteiger partial charge is 0.123 e. The lowest BCUT2D eigenvalue weighted by Gasteiger charge is -2.11. The molecule has 16 heavy (non-hydrogen) atoms. The average Bonchev–Trinajstić information content (AvgIpc) is 2.25. The molecule has 1 aromatic carbocycles. The minimum Gasteiger partial charge on any atom is -0.497 e. The Hall–Kier alpha value is -1.16. The fourth-order valence-electron chi connectivity index (χ4n) is 1.23. The van der Waals surface area contributed by atoms with E-state index in [-0.39, 0.29) is 5.84 Å². The first-order chi connectivity index (χ1) is 7.54. The monoisotopic (exact) mass is 238 g/mol. The largest absolute Gasteiger partial charge is 0.497 e. The maximum absolute atomic E-state index is 7.51. The first kappa shape index (κ1) is 12.9. The number of nitrogens with one attached hydrogen (secondary N) is 1. The molecule has 0 saturated carbocycles. The molecule has 3 nitrogen and oxygen atoms in total. The van der Waals surface area contributed by atoms with Crippen molar-refractivity contribution in [3.05, 3.63) is 23.8 Å². The van der Waals surface area contributed by atoms with Crippen molar-refractivity contribution in [2.75, 3.05) is 12.9 Å². The van der Waals surface area contributed by atoms with Gasteiger partial charge in [0.05, 0.1) is 7.11 Å². The summed E-state index contributed by atoms with van der Waals surface area (Å²) >= 11 is 1.71. The number of thioether (sulfide) groups is 1. The second kappa shape index (κ2) is 5.80. The van der Waals surface area contributed by atoms with Gasteiger partial charge in [0.25, 0.3) is 0 Å². The van der Waals surface area contributed by atoms with Gasteiger partial charge < -0.3 is 10.5 Å². The molecule has 0 aromatic heterocycles. The molecule has 0 aliphatic heterocycles. The number of ether oxygens (including phenoxy) is 1. The molecule has 0 bridgehead atoms. The maximum Gasteiger partial charge on any atom is 0.123 e. The minimum atomic E-state index is 0.105. The van der Waals surface area contributed by atoms with Crippen LogP contribution in [0.4, 0.5) is 0 Å². The quantitative estimate of drug-likeness (QED) is 0.471. The second-order valence-electron chi connectivity index (χ2n) is 3.98. The molecule has 0 atom stereocenters. The summed E-state index contributed by atoms with van der Waals surface area (Å²) in [6, 6.07) is 5.60. The van der Waals surface area contributed by atoms with Crippen LogP contribution in [0, 0.1) is 11.3 Å². The lowest BCUT2D eigenvalue weighted by atomic mass is 10.2. The van der Waals surface area contributed by atoms with Crippen LogP contribution in [0.15, 0.2) is 23.1 Å². The van der Waals surface area contributed by atoms with Crippen molar-refractivity contribution in [1.29, 1.82) is 5.41 Å². The molecule has 0 unspecified atom stereocenters. The molecule has 0 radical (unpaired) electrons. The van der Waals surface area contributed by atoms with E-state index in [1.54, 1.807) is 18.9 Å². The third-order valence-corrected chi connectivity index (χ3v) is 3.53. The van der Waals surface area contributed by atoms with Gasteiger partial charge in [-0.25, -0.2) is 0 Å². The molecular formula is C12H18N2OS. The third kappa shape index (κ3) is 3.45. The molecule has 0 aliphatic carbocycles. The Balaban J connectivity index is 2.96. The number of hydrogen-bond donors (Lipinski definition) is 2. The summed E-state index contributed by atoms with van der Waals surface area (Å²) < 4.78 is 5.17. The molecule has 0 spiro atoms. The van der Waals surface area contributed by atoms with Gasteiger partial charge in [0.1, 0.15) is 11.6 Å². The number of hydrogen-bond acceptors (Lipinski definition) is 3. The minimum absolute atomic E-state index is 0.105. The van der Waals surface area contributed by atoms with Gasteiger partial charge in [0.2, 0.25) is 0 Å². The van der Waals surface area contributed by atoms with Gasteiger partial charge in [-0.1, -0.05) is 13.8 Å². The van der Waals surface area contributed by atoms with Gasteiger partial charge >= 0.3 is 0 Å². The van der Waals surface area contributed by atoms with Crippen LogP contribution in [0.5, 0.6) is 5.75 Å². The van der Waals surface area contributed by atoms with Crippen LogP contribution in [0.3, 0.4) is 0 Å². The normalized spacial score (nSPS) is 10.5. The molecule has 0 saturated heterocycles. The molecule has 4 heteroatoms. The Morgan fingerprint density at radius 2 is 2.19 bits per heavy atom. The second-order valence-corrected chi connectivity index (χ2v) is 5.04. The number of nitrogen functional groups attached to an aromatic ring is 1. The fraction of sp³-hybridized carbons (Fsp3) is 0.417. The van der Waals surface area contributed by atoms with E-state index in [4.69, 9.17) is 15.9 Å². The Kier molecular flexibility index (Phi) is 4.68. The van der Waals surface area contributed by atoms with Gasteiger partial charge in [-0.3, -0.25) is 5.41 Å². The third-order valence-electron chi connectivity index (χ3n) is 2.05. The molecule has 0 aliphatic rings. The van der Waals surface area contributed by atoms with Gasteiger partial charge in [0, 0.05) is 16.2 Å². The van der Waals surface area contributed by atoms with Crippen molar-refractivity contribution < 1.29 is 4.74 Å². The van der Waals surface area contributed by atoms with Crippen LogP contribution in [-0.2, 0) is 0 Å². The Morgan fingerprint density at radius 3 is 2.69 bits per heavy atom. The van der Waals surface area contributed by atoms with Crippen LogP contribution in [0.25, 0.3) is 0 Å². The van der Waals surface area contributed by atoms with Crippen molar-refractivity contribution in [1.82, 2.24) is 0 Å². The Labute approximate surface area is 101 Å². The first-order valence-corrected chi connectivity index (χ1v) is 6.18. The standard InChI is InChI=1S/C12H18N2OS/c1-8(2)7-16-11-6-9(15-3)4-5-10(11)12(13)14/h4-6,8H,7H2,1-3H3,(H3,13,14). The van der Waals surface area contributed by atoms with Crippen molar-refractivity contribution in [2.45, 2.75) is 18.7 Å². The van der Waals surface area contributed by atoms with E-state index >= 15 is 0 Å². The number of benzene rings is 1. The van der Waals surface area contributed by atoms with Crippen molar-refractivity contribution in [2.24, 2.45) is 11.7 Å². The van der Waals surface area contributed by atoms with E-state index in [0.717, 1.165) is 22.0 Å².